The Bertz CT molecular complexity index is 830. The van der Waals surface area contributed by atoms with E-state index in [2.05, 4.69) is 11.0 Å². The van der Waals surface area contributed by atoms with Crippen LogP contribution in [0.5, 0.6) is 17.2 Å². The molecule has 29 heavy (non-hydrogen) atoms. The van der Waals surface area contributed by atoms with Gasteiger partial charge in [-0.3, -0.25) is 9.69 Å². The molecular weight excluding hydrogens is 370 g/mol. The quantitative estimate of drug-likeness (QED) is 0.724. The Hall–Kier alpha value is -2.73. The molecule has 6 nitrogen and oxygen atoms in total. The summed E-state index contributed by atoms with van der Waals surface area (Å²) in [5, 5.41) is 9.36. The highest BCUT2D eigenvalue weighted by Gasteiger charge is 2.32. The van der Waals surface area contributed by atoms with Crippen molar-refractivity contribution in [3.05, 3.63) is 53.6 Å². The zero-order valence-electron chi connectivity index (χ0n) is 17.3. The van der Waals surface area contributed by atoms with Crippen LogP contribution in [0.2, 0.25) is 0 Å². The van der Waals surface area contributed by atoms with Gasteiger partial charge in [0.25, 0.3) is 0 Å². The van der Waals surface area contributed by atoms with Crippen LogP contribution in [0.15, 0.2) is 42.5 Å². The topological polar surface area (TPSA) is 68.2 Å². The van der Waals surface area contributed by atoms with Crippen molar-refractivity contribution in [3.8, 4) is 17.2 Å². The Kier molecular flexibility index (Phi) is 6.99. The Morgan fingerprint density at radius 1 is 1.07 bits per heavy atom. The van der Waals surface area contributed by atoms with Crippen molar-refractivity contribution in [3.63, 3.8) is 0 Å². The van der Waals surface area contributed by atoms with Crippen LogP contribution >= 0.6 is 0 Å². The number of para-hydroxylation sites is 1. The summed E-state index contributed by atoms with van der Waals surface area (Å²) in [6.07, 6.45) is 1.27. The second-order valence-corrected chi connectivity index (χ2v) is 7.14. The molecule has 1 atom stereocenters. The lowest BCUT2D eigenvalue weighted by Gasteiger charge is -2.37. The molecule has 3 rings (SSSR count). The molecule has 1 aliphatic heterocycles. The third-order valence-electron chi connectivity index (χ3n) is 5.48. The molecule has 1 aliphatic rings. The summed E-state index contributed by atoms with van der Waals surface area (Å²) in [7, 11) is 3.31. The summed E-state index contributed by atoms with van der Waals surface area (Å²) in [5.41, 5.74) is 2.11. The minimum Gasteiger partial charge on any atom is -0.496 e. The molecule has 1 unspecified atom stereocenters. The smallest absolute Gasteiger partial charge is 0.306 e. The molecule has 156 valence electrons. The van der Waals surface area contributed by atoms with Crippen LogP contribution in [0.25, 0.3) is 0 Å². The maximum atomic E-state index is 11.4. The number of aliphatic carboxylic acids is 1. The molecule has 0 aromatic heterocycles. The van der Waals surface area contributed by atoms with Crippen molar-refractivity contribution >= 4 is 5.97 Å². The fourth-order valence-corrected chi connectivity index (χ4v) is 4.01. The summed E-state index contributed by atoms with van der Waals surface area (Å²) >= 11 is 0. The predicted octanol–water partition coefficient (Wildman–Crippen LogP) is 3.99. The molecule has 0 radical (unpaired) electrons. The van der Waals surface area contributed by atoms with Crippen molar-refractivity contribution in [2.24, 2.45) is 5.92 Å². The normalized spacial score (nSPS) is 16.2. The molecule has 0 spiro atoms. The van der Waals surface area contributed by atoms with Crippen LogP contribution in [0.1, 0.15) is 36.9 Å². The largest absolute Gasteiger partial charge is 0.496 e. The van der Waals surface area contributed by atoms with Crippen molar-refractivity contribution in [2.75, 3.05) is 33.9 Å². The number of methoxy groups -OCH3 is 2. The standard InChI is InChI=1S/C23H29NO5/c1-4-29-20-10-9-17(15-21(20)28-3)22(18-7-5-6-8-19(18)27-2)24-13-11-16(12-14-24)23(25)26/h5-10,15-16,22H,4,11-14H2,1-3H3,(H,25,26). The van der Waals surface area contributed by atoms with Gasteiger partial charge < -0.3 is 19.3 Å². The fourth-order valence-electron chi connectivity index (χ4n) is 4.01. The lowest BCUT2D eigenvalue weighted by molar-refractivity contribution is -0.143. The average Bonchev–Trinajstić information content (AvgIpc) is 2.75. The van der Waals surface area contributed by atoms with Crippen molar-refractivity contribution in [1.29, 1.82) is 0 Å². The van der Waals surface area contributed by atoms with Crippen LogP contribution in [-0.4, -0.2) is 49.9 Å². The number of carboxylic acids is 1. The van der Waals surface area contributed by atoms with E-state index in [9.17, 15) is 9.90 Å². The molecule has 1 heterocycles. The molecule has 0 bridgehead atoms. The van der Waals surface area contributed by atoms with Crippen LogP contribution in [0, 0.1) is 5.92 Å². The predicted molar refractivity (Wildman–Crippen MR) is 111 cm³/mol. The first-order valence-electron chi connectivity index (χ1n) is 9.99. The molecule has 1 N–H and O–H groups in total. The minimum atomic E-state index is -0.707. The number of likely N-dealkylation sites (tertiary alicyclic amines) is 1. The van der Waals surface area contributed by atoms with E-state index in [4.69, 9.17) is 14.2 Å². The molecule has 0 aliphatic carbocycles. The van der Waals surface area contributed by atoms with Crippen LogP contribution < -0.4 is 14.2 Å². The SMILES string of the molecule is CCOc1ccc(C(c2ccccc2OC)N2CCC(C(=O)O)CC2)cc1OC. The van der Waals surface area contributed by atoms with Gasteiger partial charge in [0.05, 0.1) is 32.8 Å². The Labute approximate surface area is 172 Å². The molecule has 6 heteroatoms. The second kappa shape index (κ2) is 9.65. The highest BCUT2D eigenvalue weighted by atomic mass is 16.5. The highest BCUT2D eigenvalue weighted by molar-refractivity contribution is 5.70. The number of rotatable bonds is 8. The summed E-state index contributed by atoms with van der Waals surface area (Å²) in [5.74, 6) is 1.22. The number of hydrogen-bond acceptors (Lipinski definition) is 5. The zero-order chi connectivity index (χ0) is 20.8. The number of carboxylic acid groups (broad SMARTS) is 1. The van der Waals surface area contributed by atoms with Gasteiger partial charge in [0.15, 0.2) is 11.5 Å². The number of piperidine rings is 1. The molecular formula is C23H29NO5. The van der Waals surface area contributed by atoms with Crippen molar-refractivity contribution < 1.29 is 24.1 Å². The van der Waals surface area contributed by atoms with Gasteiger partial charge >= 0.3 is 5.97 Å². The van der Waals surface area contributed by atoms with Gasteiger partial charge in [0.2, 0.25) is 0 Å². The van der Waals surface area contributed by atoms with E-state index in [1.807, 2.05) is 43.3 Å². The van der Waals surface area contributed by atoms with E-state index in [1.165, 1.54) is 0 Å². The lowest BCUT2D eigenvalue weighted by atomic mass is 9.90. The van der Waals surface area contributed by atoms with Crippen molar-refractivity contribution in [2.45, 2.75) is 25.8 Å². The van der Waals surface area contributed by atoms with E-state index < -0.39 is 5.97 Å². The number of ether oxygens (including phenoxy) is 3. The van der Waals surface area contributed by atoms with Crippen LogP contribution in [0.4, 0.5) is 0 Å². The summed E-state index contributed by atoms with van der Waals surface area (Å²) in [6, 6.07) is 13.9. The molecule has 2 aromatic carbocycles. The van der Waals surface area contributed by atoms with Gasteiger partial charge in [-0.05, 0) is 56.6 Å². The van der Waals surface area contributed by atoms with Gasteiger partial charge in [-0.1, -0.05) is 24.3 Å². The monoisotopic (exact) mass is 399 g/mol. The Morgan fingerprint density at radius 2 is 1.76 bits per heavy atom. The van der Waals surface area contributed by atoms with E-state index >= 15 is 0 Å². The van der Waals surface area contributed by atoms with Crippen LogP contribution in [0.3, 0.4) is 0 Å². The number of carbonyl (C=O) groups is 1. The maximum absolute atomic E-state index is 11.4. The number of benzene rings is 2. The van der Waals surface area contributed by atoms with E-state index in [0.717, 1.165) is 16.9 Å². The first kappa shape index (κ1) is 21.0. The first-order valence-corrected chi connectivity index (χ1v) is 9.99. The number of nitrogens with zero attached hydrogens (tertiary/aromatic N) is 1. The highest BCUT2D eigenvalue weighted by Crippen LogP contribution is 2.40. The van der Waals surface area contributed by atoms with Gasteiger partial charge in [-0.25, -0.2) is 0 Å². The zero-order valence-corrected chi connectivity index (χ0v) is 17.3. The second-order valence-electron chi connectivity index (χ2n) is 7.14. The Morgan fingerprint density at radius 3 is 2.38 bits per heavy atom. The Balaban J connectivity index is 2.01. The summed E-state index contributed by atoms with van der Waals surface area (Å²) in [4.78, 5) is 13.7. The molecule has 2 aromatic rings. The third kappa shape index (κ3) is 4.65. The van der Waals surface area contributed by atoms with Gasteiger partial charge in [0, 0.05) is 5.56 Å². The molecule has 1 fully saturated rings. The summed E-state index contributed by atoms with van der Waals surface area (Å²) in [6.45, 7) is 3.91. The molecule has 0 saturated carbocycles. The van der Waals surface area contributed by atoms with E-state index in [1.54, 1.807) is 14.2 Å². The lowest BCUT2D eigenvalue weighted by Crippen LogP contribution is -2.39. The minimum absolute atomic E-state index is 0.0644. The average molecular weight is 399 g/mol. The van der Waals surface area contributed by atoms with E-state index in [-0.39, 0.29) is 12.0 Å². The molecule has 1 saturated heterocycles. The summed E-state index contributed by atoms with van der Waals surface area (Å²) < 4.78 is 16.9. The first-order chi connectivity index (χ1) is 14.1. The third-order valence-corrected chi connectivity index (χ3v) is 5.48. The molecule has 0 amide bonds. The van der Waals surface area contributed by atoms with E-state index in [0.29, 0.717) is 44.0 Å². The fraction of sp³-hybridized carbons (Fsp3) is 0.435. The van der Waals surface area contributed by atoms with Gasteiger partial charge in [-0.2, -0.15) is 0 Å². The maximum Gasteiger partial charge on any atom is 0.306 e. The van der Waals surface area contributed by atoms with Gasteiger partial charge in [-0.15, -0.1) is 0 Å². The van der Waals surface area contributed by atoms with Crippen LogP contribution in [-0.2, 0) is 4.79 Å². The van der Waals surface area contributed by atoms with Crippen molar-refractivity contribution in [1.82, 2.24) is 4.90 Å². The number of hydrogen-bond donors (Lipinski definition) is 1. The van der Waals surface area contributed by atoms with Gasteiger partial charge in [0.1, 0.15) is 5.75 Å².